The Morgan fingerprint density at radius 3 is 1.29 bits per heavy atom. The summed E-state index contributed by atoms with van der Waals surface area (Å²) in [6, 6.07) is -0.752. The first-order valence-electron chi connectivity index (χ1n) is 22.4. The number of likely N-dealkylation sites (N-methyl/N-ethyl adjacent to an activating group) is 1. The number of hydrogen-bond acceptors (Lipinski definition) is 5. The quantitative estimate of drug-likeness (QED) is 0.0325. The summed E-state index contributed by atoms with van der Waals surface area (Å²) < 4.78 is 23.6. The molecule has 0 rings (SSSR count). The van der Waals surface area contributed by atoms with E-state index in [4.69, 9.17) is 9.05 Å². The Morgan fingerprint density at radius 1 is 0.577 bits per heavy atom. The molecular formula is C43H90N2O6P+. The van der Waals surface area contributed by atoms with Crippen LogP contribution in [0, 0.1) is 0 Å². The predicted octanol–water partition coefficient (Wildman–Crippen LogP) is 12.2. The molecule has 0 spiro atoms. The molecule has 0 fully saturated rings. The van der Waals surface area contributed by atoms with Gasteiger partial charge in [0.15, 0.2) is 0 Å². The van der Waals surface area contributed by atoms with Crippen molar-refractivity contribution in [3.8, 4) is 0 Å². The normalized spacial score (nSPS) is 14.4. The van der Waals surface area contributed by atoms with E-state index in [1.54, 1.807) is 0 Å². The van der Waals surface area contributed by atoms with Crippen molar-refractivity contribution >= 4 is 13.7 Å². The van der Waals surface area contributed by atoms with Crippen molar-refractivity contribution in [2.75, 3.05) is 40.9 Å². The van der Waals surface area contributed by atoms with E-state index in [2.05, 4.69) is 19.2 Å². The lowest BCUT2D eigenvalue weighted by Crippen LogP contribution is -2.46. The van der Waals surface area contributed by atoms with Crippen LogP contribution in [-0.2, 0) is 18.4 Å². The average Bonchev–Trinajstić information content (AvgIpc) is 3.09. The van der Waals surface area contributed by atoms with Gasteiger partial charge in [-0.25, -0.2) is 4.57 Å². The van der Waals surface area contributed by atoms with Gasteiger partial charge in [0, 0.05) is 6.42 Å². The van der Waals surface area contributed by atoms with Gasteiger partial charge in [-0.2, -0.15) is 0 Å². The van der Waals surface area contributed by atoms with E-state index in [-0.39, 0.29) is 19.1 Å². The highest BCUT2D eigenvalue weighted by Crippen LogP contribution is 2.43. The van der Waals surface area contributed by atoms with E-state index < -0.39 is 20.0 Å². The van der Waals surface area contributed by atoms with Crippen molar-refractivity contribution in [1.82, 2.24) is 5.32 Å². The molecule has 1 unspecified atom stereocenters. The van der Waals surface area contributed by atoms with Gasteiger partial charge in [-0.3, -0.25) is 13.8 Å². The summed E-state index contributed by atoms with van der Waals surface area (Å²) in [5, 5.41) is 14.0. The number of nitrogens with zero attached hydrogens (tertiary/aromatic N) is 1. The number of hydrogen-bond donors (Lipinski definition) is 3. The summed E-state index contributed by atoms with van der Waals surface area (Å²) in [5.74, 6) is -0.142. The van der Waals surface area contributed by atoms with Gasteiger partial charge in [0.25, 0.3) is 0 Å². The van der Waals surface area contributed by atoms with E-state index in [0.717, 1.165) is 38.5 Å². The Balaban J connectivity index is 4.33. The number of nitrogens with one attached hydrogen (secondary N) is 1. The molecule has 1 amide bonds. The van der Waals surface area contributed by atoms with Crippen LogP contribution in [-0.4, -0.2) is 73.4 Å². The van der Waals surface area contributed by atoms with Gasteiger partial charge in [0.05, 0.1) is 39.9 Å². The molecule has 0 aliphatic carbocycles. The van der Waals surface area contributed by atoms with Gasteiger partial charge in [0.1, 0.15) is 13.2 Å². The maximum atomic E-state index is 12.9. The minimum atomic E-state index is -4.30. The number of carbonyl (C=O) groups excluding carboxylic acids is 1. The molecule has 0 aromatic heterocycles. The molecule has 0 heterocycles. The molecule has 0 bridgehead atoms. The zero-order chi connectivity index (χ0) is 38.6. The molecule has 312 valence electrons. The summed E-state index contributed by atoms with van der Waals surface area (Å²) in [5.41, 5.74) is 0. The van der Waals surface area contributed by atoms with Gasteiger partial charge < -0.3 is 19.8 Å². The van der Waals surface area contributed by atoms with Crippen LogP contribution in [0.1, 0.15) is 219 Å². The minimum absolute atomic E-state index is 0.0785. The largest absolute Gasteiger partial charge is 0.472 e. The molecule has 0 saturated heterocycles. The van der Waals surface area contributed by atoms with Crippen molar-refractivity contribution in [3.63, 3.8) is 0 Å². The fourth-order valence-electron chi connectivity index (χ4n) is 6.75. The van der Waals surface area contributed by atoms with Gasteiger partial charge in [-0.05, 0) is 12.8 Å². The molecule has 52 heavy (non-hydrogen) atoms. The molecule has 0 aliphatic heterocycles. The number of aliphatic hydroxyl groups excluding tert-OH is 1. The zero-order valence-corrected chi connectivity index (χ0v) is 36.2. The summed E-state index contributed by atoms with van der Waals surface area (Å²) in [6.07, 6.45) is 38.3. The van der Waals surface area contributed by atoms with Gasteiger partial charge in [-0.15, -0.1) is 0 Å². The maximum absolute atomic E-state index is 12.9. The van der Waals surface area contributed by atoms with E-state index in [1.807, 2.05) is 21.1 Å². The van der Waals surface area contributed by atoms with Crippen molar-refractivity contribution in [2.24, 2.45) is 0 Å². The SMILES string of the molecule is CCCCCCCCCCCCCCCCCCC[C@@H](O)[C@H](COP(=O)(O)OCC[N+](C)(C)C)NC(=O)CCCCCCCCCCCCCCC. The lowest BCUT2D eigenvalue weighted by atomic mass is 10.0. The fraction of sp³-hybridized carbons (Fsp3) is 0.977. The second kappa shape index (κ2) is 36.2. The third-order valence-electron chi connectivity index (χ3n) is 10.4. The van der Waals surface area contributed by atoms with Crippen molar-refractivity contribution in [2.45, 2.75) is 231 Å². The molecule has 0 saturated carbocycles. The van der Waals surface area contributed by atoms with E-state index in [1.165, 1.54) is 154 Å². The molecule has 0 aliphatic rings. The second-order valence-electron chi connectivity index (χ2n) is 16.8. The van der Waals surface area contributed by atoms with Crippen molar-refractivity contribution < 1.29 is 32.9 Å². The average molecular weight is 762 g/mol. The van der Waals surface area contributed by atoms with Crippen LogP contribution in [0.4, 0.5) is 0 Å². The predicted molar refractivity (Wildman–Crippen MR) is 222 cm³/mol. The first kappa shape index (κ1) is 51.5. The lowest BCUT2D eigenvalue weighted by molar-refractivity contribution is -0.870. The highest BCUT2D eigenvalue weighted by Gasteiger charge is 2.28. The van der Waals surface area contributed by atoms with Gasteiger partial charge in [-0.1, -0.05) is 200 Å². The zero-order valence-electron chi connectivity index (χ0n) is 35.3. The fourth-order valence-corrected chi connectivity index (χ4v) is 7.49. The number of aliphatic hydroxyl groups is 1. The van der Waals surface area contributed by atoms with Crippen LogP contribution < -0.4 is 5.32 Å². The molecule has 9 heteroatoms. The van der Waals surface area contributed by atoms with Crippen LogP contribution in [0.25, 0.3) is 0 Å². The number of amides is 1. The van der Waals surface area contributed by atoms with Crippen molar-refractivity contribution in [3.05, 3.63) is 0 Å². The Labute approximate surface area is 323 Å². The standard InChI is InChI=1S/C43H89N2O6P/c1-6-8-10-12-14-16-18-20-21-22-23-25-26-28-30-32-34-36-42(46)41(40-51-52(48,49)50-39-38-45(3,4)5)44-43(47)37-35-33-31-29-27-24-19-17-15-13-11-9-7-2/h41-42,46H,6-40H2,1-5H3,(H-,44,47,48,49)/p+1/t41-,42+/m0/s1. The first-order valence-corrected chi connectivity index (χ1v) is 23.9. The summed E-state index contributed by atoms with van der Waals surface area (Å²) in [7, 11) is 1.63. The van der Waals surface area contributed by atoms with Crippen LogP contribution in [0.5, 0.6) is 0 Å². The Hall–Kier alpha value is -0.500. The molecule has 3 atom stereocenters. The molecule has 0 radical (unpaired) electrons. The summed E-state index contributed by atoms with van der Waals surface area (Å²) >= 11 is 0. The molecule has 0 aromatic carbocycles. The number of unbranched alkanes of at least 4 members (excludes halogenated alkanes) is 28. The molecule has 8 nitrogen and oxygen atoms in total. The monoisotopic (exact) mass is 762 g/mol. The smallest absolute Gasteiger partial charge is 0.391 e. The molecule has 0 aromatic rings. The highest BCUT2D eigenvalue weighted by atomic mass is 31.2. The third-order valence-corrected chi connectivity index (χ3v) is 11.3. The maximum Gasteiger partial charge on any atom is 0.472 e. The highest BCUT2D eigenvalue weighted by molar-refractivity contribution is 7.47. The Bertz CT molecular complexity index is 824. The minimum Gasteiger partial charge on any atom is -0.391 e. The number of phosphoric acid groups is 1. The summed E-state index contributed by atoms with van der Waals surface area (Å²) in [4.78, 5) is 23.1. The number of phosphoric ester groups is 1. The van der Waals surface area contributed by atoms with E-state index in [9.17, 15) is 19.4 Å². The number of quaternary nitrogens is 1. The van der Waals surface area contributed by atoms with Gasteiger partial charge >= 0.3 is 7.82 Å². The number of carbonyl (C=O) groups is 1. The van der Waals surface area contributed by atoms with Crippen LogP contribution >= 0.6 is 7.82 Å². The molecule has 3 N–H and O–H groups in total. The van der Waals surface area contributed by atoms with Crippen molar-refractivity contribution in [1.29, 1.82) is 0 Å². The Kier molecular flexibility index (Phi) is 35.8. The van der Waals surface area contributed by atoms with Crippen LogP contribution in [0.15, 0.2) is 0 Å². The summed E-state index contributed by atoms with van der Waals surface area (Å²) in [6.45, 7) is 4.90. The Morgan fingerprint density at radius 2 is 0.923 bits per heavy atom. The lowest BCUT2D eigenvalue weighted by Gasteiger charge is -2.26. The third kappa shape index (κ3) is 37.8. The topological polar surface area (TPSA) is 105 Å². The second-order valence-corrected chi connectivity index (χ2v) is 18.2. The van der Waals surface area contributed by atoms with E-state index >= 15 is 0 Å². The first-order chi connectivity index (χ1) is 25.0. The van der Waals surface area contributed by atoms with Crippen LogP contribution in [0.2, 0.25) is 0 Å². The molecular weight excluding hydrogens is 671 g/mol. The van der Waals surface area contributed by atoms with Crippen LogP contribution in [0.3, 0.4) is 0 Å². The number of rotatable bonds is 41. The van der Waals surface area contributed by atoms with E-state index in [0.29, 0.717) is 23.9 Å². The van der Waals surface area contributed by atoms with Gasteiger partial charge in [0.2, 0.25) is 5.91 Å².